The van der Waals surface area contributed by atoms with Crippen molar-refractivity contribution in [1.82, 2.24) is 9.55 Å². The Morgan fingerprint density at radius 3 is 2.13 bits per heavy atom. The van der Waals surface area contributed by atoms with Crippen molar-refractivity contribution in [2.24, 2.45) is 0 Å². The second kappa shape index (κ2) is 8.50. The van der Waals surface area contributed by atoms with E-state index in [2.05, 4.69) is 72.7 Å². The van der Waals surface area contributed by atoms with Crippen LogP contribution in [-0.2, 0) is 13.6 Å². The molecule has 172 valence electrons. The Balaban J connectivity index is 2.28. The van der Waals surface area contributed by atoms with Crippen molar-refractivity contribution in [2.45, 2.75) is 103 Å². The van der Waals surface area contributed by atoms with Gasteiger partial charge in [0, 0.05) is 18.7 Å². The highest BCUT2D eigenvalue weighted by atomic mass is 28.4. The summed E-state index contributed by atoms with van der Waals surface area (Å²) in [7, 11) is -4.01. The number of hydrogen-bond acceptors (Lipinski definition) is 5. The van der Waals surface area contributed by atoms with E-state index in [0.29, 0.717) is 13.0 Å². The Kier molecular flexibility index (Phi) is 7.15. The Labute approximate surface area is 182 Å². The summed E-state index contributed by atoms with van der Waals surface area (Å²) in [6.45, 7) is 22.5. The number of nitrogens with one attached hydrogen (secondary N) is 1. The van der Waals surface area contributed by atoms with E-state index >= 15 is 0 Å². The first-order chi connectivity index (χ1) is 13.4. The summed E-state index contributed by atoms with van der Waals surface area (Å²) >= 11 is 0. The zero-order valence-electron chi connectivity index (χ0n) is 20.3. The molecule has 1 aliphatic rings. The molecule has 1 fully saturated rings. The molecule has 30 heavy (non-hydrogen) atoms. The highest BCUT2D eigenvalue weighted by Gasteiger charge is 2.46. The van der Waals surface area contributed by atoms with Crippen molar-refractivity contribution < 1.29 is 13.6 Å². The van der Waals surface area contributed by atoms with Crippen molar-refractivity contribution in [2.75, 3.05) is 6.61 Å². The van der Waals surface area contributed by atoms with Crippen LogP contribution in [0.2, 0.25) is 36.3 Å². The van der Waals surface area contributed by atoms with E-state index in [1.54, 1.807) is 0 Å². The monoisotopic (exact) mass is 456 g/mol. The molecule has 1 unspecified atom stereocenters. The van der Waals surface area contributed by atoms with E-state index in [0.717, 1.165) is 0 Å². The second-order valence-corrected chi connectivity index (χ2v) is 21.0. The van der Waals surface area contributed by atoms with Crippen LogP contribution in [0.25, 0.3) is 0 Å². The average molecular weight is 457 g/mol. The first-order valence-electron chi connectivity index (χ1n) is 10.7. The Hall–Kier alpha value is -1.01. The average Bonchev–Trinajstić information content (AvgIpc) is 2.93. The molecule has 1 N–H and O–H groups in total. The molecule has 0 aliphatic carbocycles. The van der Waals surface area contributed by atoms with E-state index in [1.165, 1.54) is 16.8 Å². The van der Waals surface area contributed by atoms with Crippen molar-refractivity contribution in [3.05, 3.63) is 33.1 Å². The van der Waals surface area contributed by atoms with Gasteiger partial charge >= 0.3 is 5.69 Å². The van der Waals surface area contributed by atoms with Crippen LogP contribution in [0.3, 0.4) is 0 Å². The summed E-state index contributed by atoms with van der Waals surface area (Å²) in [5.74, 6) is 0. The quantitative estimate of drug-likeness (QED) is 0.648. The van der Waals surface area contributed by atoms with E-state index in [-0.39, 0.29) is 22.3 Å². The van der Waals surface area contributed by atoms with Crippen LogP contribution in [0.4, 0.5) is 0 Å². The van der Waals surface area contributed by atoms with Gasteiger partial charge in [-0.15, -0.1) is 0 Å². The number of aromatic amines is 1. The lowest BCUT2D eigenvalue weighted by Gasteiger charge is -2.39. The van der Waals surface area contributed by atoms with Crippen LogP contribution in [0.1, 0.15) is 54.2 Å². The molecule has 0 aromatic carbocycles. The van der Waals surface area contributed by atoms with Gasteiger partial charge in [0.15, 0.2) is 22.9 Å². The van der Waals surface area contributed by atoms with Gasteiger partial charge in [0.1, 0.15) is 0 Å². The molecule has 1 aliphatic heterocycles. The lowest BCUT2D eigenvalue weighted by Crippen LogP contribution is -2.46. The first kappa shape index (κ1) is 25.3. The molecule has 3 atom stereocenters. The molecule has 7 nitrogen and oxygen atoms in total. The third-order valence-electron chi connectivity index (χ3n) is 6.96. The van der Waals surface area contributed by atoms with E-state index < -0.39 is 34.1 Å². The molecule has 0 saturated carbocycles. The summed E-state index contributed by atoms with van der Waals surface area (Å²) < 4.78 is 20.8. The van der Waals surface area contributed by atoms with Crippen LogP contribution in [-0.4, -0.2) is 45.0 Å². The molecule has 1 aromatic rings. The molecule has 0 radical (unpaired) electrons. The van der Waals surface area contributed by atoms with Crippen molar-refractivity contribution in [3.8, 4) is 0 Å². The number of ether oxygens (including phenoxy) is 1. The molecule has 0 spiro atoms. The summed E-state index contributed by atoms with van der Waals surface area (Å²) in [6.07, 6.45) is 1.11. The summed E-state index contributed by atoms with van der Waals surface area (Å²) in [5.41, 5.74) is -0.906. The summed E-state index contributed by atoms with van der Waals surface area (Å²) in [5, 5.41) is 0.140. The zero-order chi connectivity index (χ0) is 23.1. The molecular weight excluding hydrogens is 416 g/mol. The highest BCUT2D eigenvalue weighted by Crippen LogP contribution is 2.42. The van der Waals surface area contributed by atoms with E-state index in [4.69, 9.17) is 13.6 Å². The lowest BCUT2D eigenvalue weighted by atomic mass is 10.2. The predicted octanol–water partition coefficient (Wildman–Crippen LogP) is 4.24. The first-order valence-corrected chi connectivity index (χ1v) is 16.5. The fourth-order valence-corrected chi connectivity index (χ4v) is 5.23. The van der Waals surface area contributed by atoms with Crippen molar-refractivity contribution >= 4 is 16.6 Å². The largest absolute Gasteiger partial charge is 0.414 e. The van der Waals surface area contributed by atoms with Gasteiger partial charge in [-0.05, 0) is 36.3 Å². The SMILES string of the molecule is CC(C)(C)[Si](C)(C)OC[C@H]1CC(O[Si](C)(C)C(C)(C)C)[C@@H](n2ccc(=O)[nH]c2=O)O1. The number of aromatic nitrogens is 2. The van der Waals surface area contributed by atoms with E-state index in [1.807, 2.05) is 0 Å². The molecule has 1 aromatic heterocycles. The molecule has 0 bridgehead atoms. The minimum Gasteiger partial charge on any atom is -0.414 e. The van der Waals surface area contributed by atoms with Crippen LogP contribution >= 0.6 is 0 Å². The molecule has 9 heteroatoms. The highest BCUT2D eigenvalue weighted by molar-refractivity contribution is 6.74. The smallest absolute Gasteiger partial charge is 0.330 e. The minimum absolute atomic E-state index is 0.0310. The fraction of sp³-hybridized carbons (Fsp3) is 0.810. The predicted molar refractivity (Wildman–Crippen MR) is 125 cm³/mol. The number of rotatable bonds is 6. The number of hydrogen-bond donors (Lipinski definition) is 1. The fourth-order valence-electron chi connectivity index (χ4n) is 2.87. The van der Waals surface area contributed by atoms with Crippen molar-refractivity contribution in [1.29, 1.82) is 0 Å². The van der Waals surface area contributed by atoms with Gasteiger partial charge in [-0.25, -0.2) is 4.79 Å². The third kappa shape index (κ3) is 5.61. The second-order valence-electron chi connectivity index (χ2n) is 11.4. The standard InChI is InChI=1S/C21H40N2O5Si2/c1-20(2,3)29(7,8)26-14-15-13-16(28-30(9,10)21(4,5)6)18(27-15)23-12-11-17(24)22-19(23)25/h11-12,15-16,18H,13-14H2,1-10H3,(H,22,24,25)/t15-,16?,18+/m1/s1. The van der Waals surface area contributed by atoms with Crippen LogP contribution < -0.4 is 11.2 Å². The van der Waals surface area contributed by atoms with Crippen LogP contribution in [0.15, 0.2) is 21.9 Å². The maximum Gasteiger partial charge on any atom is 0.330 e. The maximum absolute atomic E-state index is 12.4. The zero-order valence-corrected chi connectivity index (χ0v) is 22.3. The molecule has 2 heterocycles. The Morgan fingerprint density at radius 2 is 1.63 bits per heavy atom. The van der Waals surface area contributed by atoms with Crippen LogP contribution in [0, 0.1) is 0 Å². The number of nitrogens with zero attached hydrogens (tertiary/aromatic N) is 1. The van der Waals surface area contributed by atoms with Gasteiger partial charge in [0.2, 0.25) is 0 Å². The van der Waals surface area contributed by atoms with Crippen LogP contribution in [0.5, 0.6) is 0 Å². The number of H-pyrrole nitrogens is 1. The van der Waals surface area contributed by atoms with Gasteiger partial charge in [-0.3, -0.25) is 14.3 Å². The van der Waals surface area contributed by atoms with Gasteiger partial charge in [0.25, 0.3) is 5.56 Å². The topological polar surface area (TPSA) is 82.5 Å². The van der Waals surface area contributed by atoms with Crippen molar-refractivity contribution in [3.63, 3.8) is 0 Å². The molecule has 1 saturated heterocycles. The van der Waals surface area contributed by atoms with Gasteiger partial charge in [0.05, 0.1) is 18.8 Å². The maximum atomic E-state index is 12.4. The lowest BCUT2D eigenvalue weighted by molar-refractivity contribution is -0.0487. The summed E-state index contributed by atoms with van der Waals surface area (Å²) in [4.78, 5) is 26.3. The third-order valence-corrected chi connectivity index (χ3v) is 16.0. The minimum atomic E-state index is -2.09. The molecular formula is C21H40N2O5Si2. The van der Waals surface area contributed by atoms with Gasteiger partial charge < -0.3 is 13.6 Å². The van der Waals surface area contributed by atoms with E-state index in [9.17, 15) is 9.59 Å². The Bertz CT molecular complexity index is 848. The van der Waals surface area contributed by atoms with Gasteiger partial charge in [-0.2, -0.15) is 0 Å². The normalized spacial score (nSPS) is 23.7. The molecule has 0 amide bonds. The summed E-state index contributed by atoms with van der Waals surface area (Å²) in [6, 6.07) is 1.34. The van der Waals surface area contributed by atoms with Gasteiger partial charge in [-0.1, -0.05) is 41.5 Å². The Morgan fingerprint density at radius 1 is 1.07 bits per heavy atom. The molecule has 2 rings (SSSR count).